The highest BCUT2D eigenvalue weighted by Crippen LogP contribution is 2.47. The molecule has 0 saturated heterocycles. The van der Waals surface area contributed by atoms with Crippen LogP contribution in [0.3, 0.4) is 0 Å². The Kier molecular flexibility index (Phi) is 4.69. The molecule has 4 heterocycles. The molecule has 0 bridgehead atoms. The second-order valence-electron chi connectivity index (χ2n) is 11.4. The second kappa shape index (κ2) is 8.76. The molecule has 0 aliphatic rings. The van der Waals surface area contributed by atoms with Gasteiger partial charge in [0.1, 0.15) is 0 Å². The highest BCUT2D eigenvalue weighted by molar-refractivity contribution is 6.33. The zero-order chi connectivity index (χ0) is 28.8. The molecule has 4 heteroatoms. The number of hydrogen-bond donors (Lipinski definition) is 0. The topological polar surface area (TPSA) is 35.1 Å². The molecular weight excluding hydrogens is 536 g/mol. The molecule has 0 fully saturated rings. The van der Waals surface area contributed by atoms with E-state index >= 15 is 0 Å². The molecule has 0 aliphatic carbocycles. The Morgan fingerprint density at radius 2 is 1.11 bits per heavy atom. The van der Waals surface area contributed by atoms with Gasteiger partial charge in [-0.1, -0.05) is 121 Å². The van der Waals surface area contributed by atoms with Gasteiger partial charge in [-0.25, -0.2) is 9.97 Å². The van der Waals surface area contributed by atoms with E-state index in [1.165, 1.54) is 54.4 Å². The molecule has 44 heavy (non-hydrogen) atoms. The van der Waals surface area contributed by atoms with Crippen LogP contribution >= 0.6 is 0 Å². The van der Waals surface area contributed by atoms with Crippen LogP contribution in [0.2, 0.25) is 0 Å². The summed E-state index contributed by atoms with van der Waals surface area (Å²) < 4.78 is 4.88. The Balaban J connectivity index is 1.43. The average molecular weight is 561 g/mol. The van der Waals surface area contributed by atoms with Gasteiger partial charge in [-0.15, -0.1) is 0 Å². The second-order valence-corrected chi connectivity index (χ2v) is 11.4. The predicted molar refractivity (Wildman–Crippen MR) is 182 cm³/mol. The van der Waals surface area contributed by atoms with E-state index in [4.69, 9.17) is 9.97 Å². The zero-order valence-electron chi connectivity index (χ0n) is 23.6. The van der Waals surface area contributed by atoms with Gasteiger partial charge in [-0.3, -0.25) is 0 Å². The van der Waals surface area contributed by atoms with Crippen molar-refractivity contribution in [3.63, 3.8) is 0 Å². The minimum Gasteiger partial charge on any atom is -0.306 e. The Morgan fingerprint density at radius 3 is 1.91 bits per heavy atom. The molecule has 4 aromatic heterocycles. The first kappa shape index (κ1) is 23.6. The number of aromatic nitrogens is 4. The summed E-state index contributed by atoms with van der Waals surface area (Å²) in [4.78, 5) is 10.2. The Hall–Kier alpha value is -6.00. The van der Waals surface area contributed by atoms with Gasteiger partial charge in [0.25, 0.3) is 0 Å². The molecule has 10 aromatic rings. The van der Waals surface area contributed by atoms with E-state index in [-0.39, 0.29) is 0 Å². The molecule has 0 spiro atoms. The van der Waals surface area contributed by atoms with Crippen molar-refractivity contribution in [2.24, 2.45) is 0 Å². The van der Waals surface area contributed by atoms with Crippen molar-refractivity contribution < 1.29 is 0 Å². The van der Waals surface area contributed by atoms with Crippen LogP contribution in [0.4, 0.5) is 0 Å². The Morgan fingerprint density at radius 1 is 0.477 bits per heavy atom. The molecule has 0 amide bonds. The van der Waals surface area contributed by atoms with E-state index in [9.17, 15) is 0 Å². The van der Waals surface area contributed by atoms with Crippen molar-refractivity contribution >= 4 is 59.9 Å². The van der Waals surface area contributed by atoms with Crippen LogP contribution in [-0.2, 0) is 0 Å². The third-order valence-corrected chi connectivity index (χ3v) is 9.08. The third kappa shape index (κ3) is 3.06. The maximum atomic E-state index is 5.25. The molecule has 4 nitrogen and oxygen atoms in total. The summed E-state index contributed by atoms with van der Waals surface area (Å²) in [5.41, 5.74) is 9.93. The lowest BCUT2D eigenvalue weighted by Gasteiger charge is -2.14. The van der Waals surface area contributed by atoms with Crippen LogP contribution in [0.5, 0.6) is 0 Å². The van der Waals surface area contributed by atoms with E-state index in [1.807, 2.05) is 24.4 Å². The Labute approximate surface area is 252 Å². The lowest BCUT2D eigenvalue weighted by Crippen LogP contribution is -2.02. The van der Waals surface area contributed by atoms with Crippen molar-refractivity contribution in [1.82, 2.24) is 18.9 Å². The van der Waals surface area contributed by atoms with Crippen molar-refractivity contribution in [3.8, 4) is 28.3 Å². The first-order chi connectivity index (χ1) is 21.9. The Bertz CT molecular complexity index is 2700. The monoisotopic (exact) mass is 560 g/mol. The standard InChI is InChI=1S/C40H24N4/c1-3-13-25(14-4-1)36-34(24-41-40(42-36)26-15-5-2-6-16-26)43-33-22-12-10-20-30(33)38-39(43)31-23-27-17-7-8-18-28(27)35-29-19-9-11-21-32(29)44(38)37(31)35/h1-24H. The lowest BCUT2D eigenvalue weighted by molar-refractivity contribution is 1.09. The lowest BCUT2D eigenvalue weighted by atomic mass is 10.0. The number of para-hydroxylation sites is 2. The number of hydrogen-bond acceptors (Lipinski definition) is 2. The predicted octanol–water partition coefficient (Wildman–Crippen LogP) is 10.1. The highest BCUT2D eigenvalue weighted by atomic mass is 15.1. The number of nitrogens with zero attached hydrogens (tertiary/aromatic N) is 4. The minimum absolute atomic E-state index is 0.715. The summed E-state index contributed by atoms with van der Waals surface area (Å²) in [7, 11) is 0. The summed E-state index contributed by atoms with van der Waals surface area (Å²) in [6, 6.07) is 49.4. The zero-order valence-corrected chi connectivity index (χ0v) is 23.6. The van der Waals surface area contributed by atoms with Crippen LogP contribution in [0.1, 0.15) is 0 Å². The van der Waals surface area contributed by atoms with Crippen molar-refractivity contribution in [3.05, 3.63) is 146 Å². The van der Waals surface area contributed by atoms with Crippen molar-refractivity contribution in [2.45, 2.75) is 0 Å². The fourth-order valence-corrected chi connectivity index (χ4v) is 7.28. The van der Waals surface area contributed by atoms with Crippen LogP contribution < -0.4 is 0 Å². The maximum Gasteiger partial charge on any atom is 0.159 e. The molecule has 10 rings (SSSR count). The van der Waals surface area contributed by atoms with Crippen LogP contribution in [-0.4, -0.2) is 18.9 Å². The number of benzene rings is 6. The molecule has 0 aliphatic heterocycles. The molecule has 0 unspecified atom stereocenters. The summed E-state index contributed by atoms with van der Waals surface area (Å²) in [5, 5.41) is 7.54. The van der Waals surface area contributed by atoms with E-state index in [1.54, 1.807) is 0 Å². The summed E-state index contributed by atoms with van der Waals surface area (Å²) in [6.07, 6.45) is 2.01. The van der Waals surface area contributed by atoms with Crippen molar-refractivity contribution in [1.29, 1.82) is 0 Å². The van der Waals surface area contributed by atoms with Gasteiger partial charge in [0, 0.05) is 32.7 Å². The first-order valence-electron chi connectivity index (χ1n) is 14.9. The molecule has 0 N–H and O–H groups in total. The average Bonchev–Trinajstić information content (AvgIpc) is 3.73. The van der Waals surface area contributed by atoms with Crippen molar-refractivity contribution in [2.75, 3.05) is 0 Å². The normalized spacial score (nSPS) is 12.1. The summed E-state index contributed by atoms with van der Waals surface area (Å²) >= 11 is 0. The molecule has 6 aromatic carbocycles. The van der Waals surface area contributed by atoms with Crippen LogP contribution in [0.15, 0.2) is 146 Å². The van der Waals surface area contributed by atoms with E-state index < -0.39 is 0 Å². The van der Waals surface area contributed by atoms with E-state index in [2.05, 4.69) is 130 Å². The van der Waals surface area contributed by atoms with Gasteiger partial charge < -0.3 is 8.97 Å². The fraction of sp³-hybridized carbons (Fsp3) is 0. The largest absolute Gasteiger partial charge is 0.306 e. The molecule has 204 valence electrons. The number of rotatable bonds is 3. The van der Waals surface area contributed by atoms with Gasteiger partial charge in [0.2, 0.25) is 0 Å². The molecule has 0 saturated carbocycles. The number of fused-ring (bicyclic) bond motifs is 10. The van der Waals surface area contributed by atoms with Crippen LogP contribution in [0, 0.1) is 0 Å². The highest BCUT2D eigenvalue weighted by Gasteiger charge is 2.26. The first-order valence-corrected chi connectivity index (χ1v) is 14.9. The summed E-state index contributed by atoms with van der Waals surface area (Å²) in [6.45, 7) is 0. The van der Waals surface area contributed by atoms with Gasteiger partial charge >= 0.3 is 0 Å². The van der Waals surface area contributed by atoms with Crippen LogP contribution in [0.25, 0.3) is 88.2 Å². The minimum atomic E-state index is 0.715. The van der Waals surface area contributed by atoms with E-state index in [0.717, 1.165) is 28.0 Å². The van der Waals surface area contributed by atoms with Gasteiger partial charge in [0.05, 0.1) is 45.2 Å². The SMILES string of the molecule is c1ccc(-c2ncc(-n3c4ccccc4c4c3c3cc5ccccc5c5c6ccccc6n4c35)c(-c3ccccc3)n2)cc1. The summed E-state index contributed by atoms with van der Waals surface area (Å²) in [5.74, 6) is 0.715. The van der Waals surface area contributed by atoms with Gasteiger partial charge in [-0.05, 0) is 29.0 Å². The van der Waals surface area contributed by atoms with Gasteiger partial charge in [0.15, 0.2) is 5.82 Å². The maximum absolute atomic E-state index is 5.25. The fourth-order valence-electron chi connectivity index (χ4n) is 7.28. The van der Waals surface area contributed by atoms with E-state index in [0.29, 0.717) is 5.82 Å². The smallest absolute Gasteiger partial charge is 0.159 e. The molecule has 0 radical (unpaired) electrons. The molecule has 0 atom stereocenters. The third-order valence-electron chi connectivity index (χ3n) is 9.08. The quantitative estimate of drug-likeness (QED) is 0.215. The van der Waals surface area contributed by atoms with Gasteiger partial charge in [-0.2, -0.15) is 0 Å². The molecular formula is C40H24N4.